The molecule has 0 spiro atoms. The molecule has 5 nitrogen and oxygen atoms in total. The average Bonchev–Trinajstić information content (AvgIpc) is 3.22. The summed E-state index contributed by atoms with van der Waals surface area (Å²) in [4.78, 5) is 19.4. The van der Waals surface area contributed by atoms with Crippen LogP contribution in [0.5, 0.6) is 0 Å². The number of aromatic nitrogens is 2. The van der Waals surface area contributed by atoms with E-state index in [1.807, 2.05) is 30.3 Å². The highest BCUT2D eigenvalue weighted by Gasteiger charge is 2.22. The summed E-state index contributed by atoms with van der Waals surface area (Å²) >= 11 is 7.58. The largest absolute Gasteiger partial charge is 0.352 e. The Balaban J connectivity index is 1.25. The van der Waals surface area contributed by atoms with E-state index in [1.54, 1.807) is 12.1 Å². The number of rotatable bonds is 6. The Labute approximate surface area is 179 Å². The van der Waals surface area contributed by atoms with Crippen molar-refractivity contribution in [1.29, 1.82) is 0 Å². The molecule has 1 amide bonds. The molecule has 1 aliphatic heterocycles. The summed E-state index contributed by atoms with van der Waals surface area (Å²) in [7, 11) is 0. The summed E-state index contributed by atoms with van der Waals surface area (Å²) in [6.45, 7) is 2.55. The average molecular weight is 427 g/mol. The van der Waals surface area contributed by atoms with Crippen LogP contribution in [0, 0.1) is 5.92 Å². The van der Waals surface area contributed by atoms with Crippen molar-refractivity contribution in [2.75, 3.05) is 24.5 Å². The Hall–Kier alpha value is -2.44. The monoisotopic (exact) mass is 426 g/mol. The number of anilines is 1. The van der Waals surface area contributed by atoms with E-state index >= 15 is 0 Å². The van der Waals surface area contributed by atoms with E-state index < -0.39 is 0 Å². The van der Waals surface area contributed by atoms with Gasteiger partial charge in [0.1, 0.15) is 5.82 Å². The van der Waals surface area contributed by atoms with E-state index in [2.05, 4.69) is 26.7 Å². The molecule has 0 atom stereocenters. The minimum atomic E-state index is -0.104. The smallest absolute Gasteiger partial charge is 0.252 e. The molecular weight excluding hydrogens is 404 g/mol. The van der Waals surface area contributed by atoms with Gasteiger partial charge in [-0.2, -0.15) is 4.37 Å². The molecular formula is C22H23ClN4OS. The molecule has 1 saturated heterocycles. The van der Waals surface area contributed by atoms with Gasteiger partial charge in [-0.1, -0.05) is 54.1 Å². The summed E-state index contributed by atoms with van der Waals surface area (Å²) in [5, 5.41) is 4.51. The Kier molecular flexibility index (Phi) is 6.42. The van der Waals surface area contributed by atoms with E-state index in [1.165, 1.54) is 17.1 Å². The number of carbonyl (C=O) groups excluding carboxylic acids is 1. The molecule has 0 saturated carbocycles. The standard InChI is InChI=1S/C22H23ClN4OS/c23-19-9-5-4-8-18(19)21(28)24-15-17-10-12-27(13-11-17)22-25-20(26-29-22)14-16-6-2-1-3-7-16/h1-9,17H,10-15H2,(H,24,28). The number of carbonyl (C=O) groups is 1. The first-order chi connectivity index (χ1) is 14.2. The number of halogens is 1. The lowest BCUT2D eigenvalue weighted by atomic mass is 9.97. The number of nitrogens with zero attached hydrogens (tertiary/aromatic N) is 3. The third-order valence-electron chi connectivity index (χ3n) is 5.22. The quantitative estimate of drug-likeness (QED) is 0.633. The Morgan fingerprint density at radius 3 is 2.59 bits per heavy atom. The van der Waals surface area contributed by atoms with Crippen molar-refractivity contribution >= 4 is 34.2 Å². The van der Waals surface area contributed by atoms with Gasteiger partial charge < -0.3 is 10.2 Å². The molecule has 1 N–H and O–H groups in total. The van der Waals surface area contributed by atoms with Crippen molar-refractivity contribution < 1.29 is 4.79 Å². The second kappa shape index (κ2) is 9.37. The topological polar surface area (TPSA) is 58.1 Å². The highest BCUT2D eigenvalue weighted by molar-refractivity contribution is 7.09. The molecule has 2 aromatic carbocycles. The molecule has 7 heteroatoms. The zero-order chi connectivity index (χ0) is 20.1. The van der Waals surface area contributed by atoms with E-state index in [0.29, 0.717) is 23.0 Å². The molecule has 2 heterocycles. The van der Waals surface area contributed by atoms with Crippen LogP contribution in [-0.2, 0) is 6.42 Å². The van der Waals surface area contributed by atoms with Crippen LogP contribution in [0.3, 0.4) is 0 Å². The lowest BCUT2D eigenvalue weighted by Crippen LogP contribution is -2.38. The van der Waals surface area contributed by atoms with Gasteiger partial charge in [0.25, 0.3) is 5.91 Å². The first kappa shape index (κ1) is 19.9. The van der Waals surface area contributed by atoms with Gasteiger partial charge in [-0.3, -0.25) is 4.79 Å². The molecule has 29 heavy (non-hydrogen) atoms. The van der Waals surface area contributed by atoms with Crippen molar-refractivity contribution in [3.05, 3.63) is 76.6 Å². The fraction of sp³-hybridized carbons (Fsp3) is 0.318. The summed E-state index contributed by atoms with van der Waals surface area (Å²) in [5.41, 5.74) is 1.76. The number of nitrogens with one attached hydrogen (secondary N) is 1. The molecule has 150 valence electrons. The molecule has 0 unspecified atom stereocenters. The Morgan fingerprint density at radius 2 is 1.83 bits per heavy atom. The first-order valence-corrected chi connectivity index (χ1v) is 11.0. The van der Waals surface area contributed by atoms with Crippen molar-refractivity contribution in [2.24, 2.45) is 5.92 Å². The maximum absolute atomic E-state index is 12.3. The van der Waals surface area contributed by atoms with Crippen molar-refractivity contribution in [3.63, 3.8) is 0 Å². The van der Waals surface area contributed by atoms with E-state index in [0.717, 1.165) is 43.3 Å². The molecule has 4 rings (SSSR count). The predicted molar refractivity (Wildman–Crippen MR) is 118 cm³/mol. The van der Waals surface area contributed by atoms with Crippen LogP contribution in [-0.4, -0.2) is 34.9 Å². The van der Waals surface area contributed by atoms with Crippen molar-refractivity contribution in [3.8, 4) is 0 Å². The summed E-state index contributed by atoms with van der Waals surface area (Å²) in [6.07, 6.45) is 2.81. The lowest BCUT2D eigenvalue weighted by Gasteiger charge is -2.31. The van der Waals surface area contributed by atoms with Crippen LogP contribution in [0.4, 0.5) is 5.13 Å². The van der Waals surface area contributed by atoms with Gasteiger partial charge in [0.05, 0.1) is 10.6 Å². The maximum atomic E-state index is 12.3. The van der Waals surface area contributed by atoms with Crippen LogP contribution in [0.15, 0.2) is 54.6 Å². The molecule has 3 aromatic rings. The van der Waals surface area contributed by atoms with E-state index in [-0.39, 0.29) is 5.91 Å². The van der Waals surface area contributed by atoms with Crippen molar-refractivity contribution in [2.45, 2.75) is 19.3 Å². The van der Waals surface area contributed by atoms with Gasteiger partial charge in [-0.25, -0.2) is 4.98 Å². The van der Waals surface area contributed by atoms with Gasteiger partial charge in [-0.05, 0) is 36.5 Å². The van der Waals surface area contributed by atoms with Crippen LogP contribution in [0.25, 0.3) is 0 Å². The number of hydrogen-bond donors (Lipinski definition) is 1. The molecule has 1 aliphatic rings. The summed E-state index contributed by atoms with van der Waals surface area (Å²) in [6, 6.07) is 17.4. The molecule has 0 radical (unpaired) electrons. The zero-order valence-corrected chi connectivity index (χ0v) is 17.6. The molecule has 0 bridgehead atoms. The van der Waals surface area contributed by atoms with Crippen LogP contribution < -0.4 is 10.2 Å². The molecule has 1 aromatic heterocycles. The number of hydrogen-bond acceptors (Lipinski definition) is 5. The summed E-state index contributed by atoms with van der Waals surface area (Å²) < 4.78 is 4.53. The second-order valence-electron chi connectivity index (χ2n) is 7.28. The highest BCUT2D eigenvalue weighted by Crippen LogP contribution is 2.25. The predicted octanol–water partition coefficient (Wildman–Crippen LogP) is 4.43. The zero-order valence-electron chi connectivity index (χ0n) is 16.1. The summed E-state index contributed by atoms with van der Waals surface area (Å²) in [5.74, 6) is 1.24. The first-order valence-electron chi connectivity index (χ1n) is 9.83. The SMILES string of the molecule is O=C(NCC1CCN(c2nc(Cc3ccccc3)ns2)CC1)c1ccccc1Cl. The molecule has 0 aliphatic carbocycles. The van der Waals surface area contributed by atoms with Crippen LogP contribution >= 0.6 is 23.1 Å². The van der Waals surface area contributed by atoms with Crippen LogP contribution in [0.2, 0.25) is 5.02 Å². The van der Waals surface area contributed by atoms with Gasteiger partial charge in [-0.15, -0.1) is 0 Å². The number of amides is 1. The second-order valence-corrected chi connectivity index (χ2v) is 8.41. The minimum absolute atomic E-state index is 0.104. The fourth-order valence-corrected chi connectivity index (χ4v) is 4.49. The number of benzene rings is 2. The Bertz CT molecular complexity index is 954. The molecule has 1 fully saturated rings. The normalized spacial score (nSPS) is 14.7. The number of piperidine rings is 1. The van der Waals surface area contributed by atoms with Gasteiger partial charge >= 0.3 is 0 Å². The highest BCUT2D eigenvalue weighted by atomic mass is 35.5. The van der Waals surface area contributed by atoms with E-state index in [9.17, 15) is 4.79 Å². The third kappa shape index (κ3) is 5.14. The van der Waals surface area contributed by atoms with E-state index in [4.69, 9.17) is 16.6 Å². The fourth-order valence-electron chi connectivity index (χ4n) is 3.53. The van der Waals surface area contributed by atoms with Gasteiger partial charge in [0.2, 0.25) is 5.13 Å². The third-order valence-corrected chi connectivity index (χ3v) is 6.36. The minimum Gasteiger partial charge on any atom is -0.352 e. The maximum Gasteiger partial charge on any atom is 0.252 e. The lowest BCUT2D eigenvalue weighted by molar-refractivity contribution is 0.0945. The van der Waals surface area contributed by atoms with Crippen molar-refractivity contribution in [1.82, 2.24) is 14.7 Å². The van der Waals surface area contributed by atoms with Gasteiger partial charge in [0.15, 0.2) is 0 Å². The van der Waals surface area contributed by atoms with Crippen LogP contribution in [0.1, 0.15) is 34.6 Å². The Morgan fingerprint density at radius 1 is 1.10 bits per heavy atom. The van der Waals surface area contributed by atoms with Gasteiger partial charge in [0, 0.05) is 37.6 Å².